The monoisotopic (exact) mass is 267 g/mol. The van der Waals surface area contributed by atoms with Crippen molar-refractivity contribution in [1.29, 1.82) is 0 Å². The van der Waals surface area contributed by atoms with Gasteiger partial charge in [0.15, 0.2) is 5.82 Å². The van der Waals surface area contributed by atoms with Gasteiger partial charge in [-0.1, -0.05) is 23.8 Å². The molecule has 3 rings (SSSR count). The summed E-state index contributed by atoms with van der Waals surface area (Å²) >= 11 is 0. The van der Waals surface area contributed by atoms with Crippen LogP contribution in [0.15, 0.2) is 24.3 Å². The molecule has 2 aromatic rings. The Morgan fingerprint density at radius 3 is 2.45 bits per heavy atom. The van der Waals surface area contributed by atoms with Gasteiger partial charge in [-0.15, -0.1) is 0 Å². The molecule has 1 fully saturated rings. The second-order valence-corrected chi connectivity index (χ2v) is 5.69. The van der Waals surface area contributed by atoms with E-state index >= 15 is 0 Å². The van der Waals surface area contributed by atoms with Gasteiger partial charge in [0.25, 0.3) is 0 Å². The number of nitrogens with zero attached hydrogens (tertiary/aromatic N) is 2. The van der Waals surface area contributed by atoms with Gasteiger partial charge >= 0.3 is 0 Å². The van der Waals surface area contributed by atoms with E-state index in [2.05, 4.69) is 50.4 Å². The molecule has 1 aromatic carbocycles. The zero-order valence-corrected chi connectivity index (χ0v) is 12.4. The van der Waals surface area contributed by atoms with Crippen LogP contribution in [0.2, 0.25) is 0 Å². The van der Waals surface area contributed by atoms with Gasteiger partial charge < -0.3 is 5.32 Å². The molecule has 20 heavy (non-hydrogen) atoms. The summed E-state index contributed by atoms with van der Waals surface area (Å²) in [7, 11) is 0. The maximum absolute atomic E-state index is 4.75. The van der Waals surface area contributed by atoms with Gasteiger partial charge in [-0.3, -0.25) is 0 Å². The average Bonchev–Trinajstić information content (AvgIpc) is 2.91. The highest BCUT2D eigenvalue weighted by Crippen LogP contribution is 2.28. The van der Waals surface area contributed by atoms with E-state index in [4.69, 9.17) is 9.97 Å². The summed E-state index contributed by atoms with van der Waals surface area (Å²) in [6.45, 7) is 8.48. The molecule has 1 aliphatic rings. The number of benzene rings is 1. The van der Waals surface area contributed by atoms with E-state index in [0.29, 0.717) is 5.92 Å². The van der Waals surface area contributed by atoms with Crippen molar-refractivity contribution in [3.8, 4) is 11.4 Å². The molecule has 0 saturated carbocycles. The molecule has 104 valence electrons. The zero-order chi connectivity index (χ0) is 14.1. The Morgan fingerprint density at radius 2 is 1.85 bits per heavy atom. The molecule has 1 aliphatic heterocycles. The Morgan fingerprint density at radius 1 is 1.10 bits per heavy atom. The van der Waals surface area contributed by atoms with Crippen molar-refractivity contribution in [2.24, 2.45) is 0 Å². The predicted octanol–water partition coefficient (Wildman–Crippen LogP) is 3.15. The highest BCUT2D eigenvalue weighted by molar-refractivity contribution is 5.57. The van der Waals surface area contributed by atoms with Gasteiger partial charge in [-0.2, -0.15) is 0 Å². The Bertz CT molecular complexity index is 605. The smallest absolute Gasteiger partial charge is 0.159 e. The molecule has 0 spiro atoms. The van der Waals surface area contributed by atoms with Crippen LogP contribution in [0.1, 0.15) is 34.9 Å². The lowest BCUT2D eigenvalue weighted by atomic mass is 9.95. The fourth-order valence-corrected chi connectivity index (χ4v) is 3.13. The van der Waals surface area contributed by atoms with Crippen molar-refractivity contribution in [3.63, 3.8) is 0 Å². The van der Waals surface area contributed by atoms with Crippen molar-refractivity contribution >= 4 is 0 Å². The highest BCUT2D eigenvalue weighted by Gasteiger charge is 2.22. The average molecular weight is 267 g/mol. The summed E-state index contributed by atoms with van der Waals surface area (Å²) in [5.74, 6) is 1.42. The first-order valence-electron chi connectivity index (χ1n) is 7.28. The van der Waals surface area contributed by atoms with Crippen LogP contribution in [0.3, 0.4) is 0 Å². The Labute approximate surface area is 120 Å². The first-order valence-corrected chi connectivity index (χ1v) is 7.28. The number of aromatic nitrogens is 2. The van der Waals surface area contributed by atoms with Crippen LogP contribution in [-0.4, -0.2) is 23.1 Å². The van der Waals surface area contributed by atoms with Crippen LogP contribution in [0, 0.1) is 20.8 Å². The molecule has 0 bridgehead atoms. The van der Waals surface area contributed by atoms with E-state index < -0.39 is 0 Å². The Kier molecular flexibility index (Phi) is 3.53. The topological polar surface area (TPSA) is 37.8 Å². The van der Waals surface area contributed by atoms with Crippen molar-refractivity contribution in [3.05, 3.63) is 46.8 Å². The van der Waals surface area contributed by atoms with E-state index in [-0.39, 0.29) is 0 Å². The molecule has 0 aliphatic carbocycles. The van der Waals surface area contributed by atoms with Crippen LogP contribution < -0.4 is 5.32 Å². The normalized spacial score (nSPS) is 18.4. The number of nitrogens with one attached hydrogen (secondary N) is 1. The lowest BCUT2D eigenvalue weighted by Gasteiger charge is -2.16. The molecule has 3 nitrogen and oxygen atoms in total. The van der Waals surface area contributed by atoms with Crippen LogP contribution in [0.4, 0.5) is 0 Å². The maximum Gasteiger partial charge on any atom is 0.159 e. The third-order valence-corrected chi connectivity index (χ3v) is 4.07. The molecule has 1 N–H and O–H groups in total. The second-order valence-electron chi connectivity index (χ2n) is 5.69. The zero-order valence-electron chi connectivity index (χ0n) is 12.4. The molecular formula is C17H21N3. The molecule has 0 amide bonds. The standard InChI is InChI=1S/C17H21N3/c1-11-5-4-6-14(9-11)17-19-12(2)16(13(3)20-17)15-7-8-18-10-15/h4-6,9,15,18H,7-8,10H2,1-3H3. The molecule has 1 saturated heterocycles. The maximum atomic E-state index is 4.75. The van der Waals surface area contributed by atoms with E-state index in [1.54, 1.807) is 0 Å². The Hall–Kier alpha value is -1.74. The van der Waals surface area contributed by atoms with Crippen LogP contribution in [0.25, 0.3) is 11.4 Å². The molecule has 2 heterocycles. The van der Waals surface area contributed by atoms with E-state index in [1.165, 1.54) is 17.5 Å². The molecule has 0 radical (unpaired) electrons. The minimum absolute atomic E-state index is 0.571. The number of aryl methyl sites for hydroxylation is 3. The highest BCUT2D eigenvalue weighted by atomic mass is 14.9. The second kappa shape index (κ2) is 5.33. The first kappa shape index (κ1) is 13.3. The molecule has 3 heteroatoms. The quantitative estimate of drug-likeness (QED) is 0.908. The molecule has 1 aromatic heterocycles. The third kappa shape index (κ3) is 2.46. The van der Waals surface area contributed by atoms with Crippen molar-refractivity contribution in [2.75, 3.05) is 13.1 Å². The molecular weight excluding hydrogens is 246 g/mol. The summed E-state index contributed by atoms with van der Waals surface area (Å²) in [6, 6.07) is 8.39. The van der Waals surface area contributed by atoms with Crippen LogP contribution >= 0.6 is 0 Å². The van der Waals surface area contributed by atoms with Crippen LogP contribution in [0.5, 0.6) is 0 Å². The molecule has 1 unspecified atom stereocenters. The lowest BCUT2D eigenvalue weighted by Crippen LogP contribution is -2.12. The number of hydrogen-bond donors (Lipinski definition) is 1. The summed E-state index contributed by atoms with van der Waals surface area (Å²) in [6.07, 6.45) is 1.19. The fourth-order valence-electron chi connectivity index (χ4n) is 3.13. The van der Waals surface area contributed by atoms with Crippen molar-refractivity contribution in [1.82, 2.24) is 15.3 Å². The first-order chi connectivity index (χ1) is 9.65. The van der Waals surface area contributed by atoms with Gasteiger partial charge in [0, 0.05) is 29.4 Å². The van der Waals surface area contributed by atoms with E-state index in [1.807, 2.05) is 0 Å². The summed E-state index contributed by atoms with van der Waals surface area (Å²) in [5, 5.41) is 3.42. The predicted molar refractivity (Wildman–Crippen MR) is 81.9 cm³/mol. The summed E-state index contributed by atoms with van der Waals surface area (Å²) in [4.78, 5) is 9.50. The van der Waals surface area contributed by atoms with E-state index in [0.717, 1.165) is 35.9 Å². The Balaban J connectivity index is 2.03. The van der Waals surface area contributed by atoms with Crippen molar-refractivity contribution < 1.29 is 0 Å². The van der Waals surface area contributed by atoms with Gasteiger partial charge in [0.05, 0.1) is 0 Å². The number of rotatable bonds is 2. The van der Waals surface area contributed by atoms with Gasteiger partial charge in [-0.25, -0.2) is 9.97 Å². The minimum atomic E-state index is 0.571. The van der Waals surface area contributed by atoms with Gasteiger partial charge in [-0.05, 0) is 45.4 Å². The van der Waals surface area contributed by atoms with E-state index in [9.17, 15) is 0 Å². The minimum Gasteiger partial charge on any atom is -0.316 e. The van der Waals surface area contributed by atoms with Gasteiger partial charge in [0.2, 0.25) is 0 Å². The van der Waals surface area contributed by atoms with Crippen LogP contribution in [-0.2, 0) is 0 Å². The lowest BCUT2D eigenvalue weighted by molar-refractivity contribution is 0.734. The summed E-state index contributed by atoms with van der Waals surface area (Å²) < 4.78 is 0. The fraction of sp³-hybridized carbons (Fsp3) is 0.412. The SMILES string of the molecule is Cc1cccc(-c2nc(C)c(C3CCNC3)c(C)n2)c1. The largest absolute Gasteiger partial charge is 0.316 e. The third-order valence-electron chi connectivity index (χ3n) is 4.07. The summed E-state index contributed by atoms with van der Waals surface area (Å²) in [5.41, 5.74) is 5.94. The van der Waals surface area contributed by atoms with Crippen molar-refractivity contribution in [2.45, 2.75) is 33.1 Å². The molecule has 1 atom stereocenters. The number of hydrogen-bond acceptors (Lipinski definition) is 3. The van der Waals surface area contributed by atoms with Gasteiger partial charge in [0.1, 0.15) is 0 Å².